The van der Waals surface area contributed by atoms with Crippen LogP contribution in [0.5, 0.6) is 5.75 Å². The minimum absolute atomic E-state index is 0.0941. The molecule has 4 rings (SSSR count). The Labute approximate surface area is 159 Å². The van der Waals surface area contributed by atoms with Crippen molar-refractivity contribution >= 4 is 22.6 Å². The van der Waals surface area contributed by atoms with Crippen LogP contribution in [0.4, 0.5) is 5.82 Å². The van der Waals surface area contributed by atoms with Crippen LogP contribution in [0.25, 0.3) is 22.0 Å². The molecule has 5 nitrogen and oxygen atoms in total. The van der Waals surface area contributed by atoms with Gasteiger partial charge in [0, 0.05) is 11.3 Å². The van der Waals surface area contributed by atoms with Gasteiger partial charge in [0.05, 0.1) is 12.1 Å². The normalized spacial score (nSPS) is 15.0. The largest absolute Gasteiger partial charge is 0.494 e. The molecule has 140 valence electrons. The molecule has 0 spiro atoms. The third-order valence-corrected chi connectivity index (χ3v) is 5.26. The monoisotopic (exact) mass is 363 g/mol. The second kappa shape index (κ2) is 7.82. The predicted octanol–water partition coefficient (Wildman–Crippen LogP) is 5.15. The van der Waals surface area contributed by atoms with E-state index in [1.165, 1.54) is 6.42 Å². The average molecular weight is 363 g/mol. The second-order valence-corrected chi connectivity index (χ2v) is 7.12. The number of aromatic amines is 1. The zero-order valence-electron chi connectivity index (χ0n) is 15.6. The van der Waals surface area contributed by atoms with E-state index in [2.05, 4.69) is 33.7 Å². The molecule has 0 aliphatic heterocycles. The van der Waals surface area contributed by atoms with Crippen LogP contribution in [0.2, 0.25) is 0 Å². The van der Waals surface area contributed by atoms with E-state index in [-0.39, 0.29) is 11.8 Å². The van der Waals surface area contributed by atoms with Crippen LogP contribution in [-0.4, -0.2) is 22.7 Å². The van der Waals surface area contributed by atoms with E-state index in [9.17, 15) is 4.79 Å². The number of amides is 1. The molecule has 0 saturated heterocycles. The van der Waals surface area contributed by atoms with Crippen molar-refractivity contribution in [2.75, 3.05) is 11.9 Å². The summed E-state index contributed by atoms with van der Waals surface area (Å²) in [6, 6.07) is 14.2. The Balaban J connectivity index is 1.56. The molecule has 1 aliphatic carbocycles. The number of hydrogen-bond donors (Lipinski definition) is 2. The lowest BCUT2D eigenvalue weighted by Gasteiger charge is -2.20. The highest BCUT2D eigenvalue weighted by Gasteiger charge is 2.22. The highest BCUT2D eigenvalue weighted by Crippen LogP contribution is 2.30. The van der Waals surface area contributed by atoms with Gasteiger partial charge in [-0.2, -0.15) is 5.10 Å². The first-order chi connectivity index (χ1) is 13.2. The van der Waals surface area contributed by atoms with Gasteiger partial charge in [0.2, 0.25) is 5.91 Å². The quantitative estimate of drug-likeness (QED) is 0.659. The summed E-state index contributed by atoms with van der Waals surface area (Å²) in [5.74, 6) is 1.69. The lowest BCUT2D eigenvalue weighted by Crippen LogP contribution is -2.24. The van der Waals surface area contributed by atoms with Gasteiger partial charge in [-0.3, -0.25) is 9.89 Å². The number of carbonyl (C=O) groups is 1. The number of carbonyl (C=O) groups excluding carboxylic acids is 1. The summed E-state index contributed by atoms with van der Waals surface area (Å²) < 4.78 is 5.59. The number of aromatic nitrogens is 2. The first-order valence-corrected chi connectivity index (χ1v) is 9.77. The topological polar surface area (TPSA) is 67.0 Å². The maximum Gasteiger partial charge on any atom is 0.228 e. The summed E-state index contributed by atoms with van der Waals surface area (Å²) >= 11 is 0. The summed E-state index contributed by atoms with van der Waals surface area (Å²) in [6.07, 6.45) is 5.48. The van der Waals surface area contributed by atoms with E-state index in [1.807, 2.05) is 31.2 Å². The Kier molecular flexibility index (Phi) is 5.10. The Morgan fingerprint density at radius 2 is 1.96 bits per heavy atom. The number of H-pyrrole nitrogens is 1. The molecule has 0 unspecified atom stereocenters. The standard InChI is InChI=1S/C22H25N3O2/c1-2-27-18-10-6-9-16(13-18)17-11-12-19-20(14-17)24-25-21(19)23-22(26)15-7-4-3-5-8-15/h6,9-15H,2-5,7-8H2,1H3,(H2,23,24,25,26). The van der Waals surface area contributed by atoms with Gasteiger partial charge >= 0.3 is 0 Å². The van der Waals surface area contributed by atoms with E-state index in [0.29, 0.717) is 12.4 Å². The molecule has 1 aliphatic rings. The van der Waals surface area contributed by atoms with Crippen molar-refractivity contribution in [3.8, 4) is 16.9 Å². The molecule has 0 radical (unpaired) electrons. The Hall–Kier alpha value is -2.82. The second-order valence-electron chi connectivity index (χ2n) is 7.12. The number of fused-ring (bicyclic) bond motifs is 1. The summed E-state index contributed by atoms with van der Waals surface area (Å²) in [5, 5.41) is 11.3. The molecule has 27 heavy (non-hydrogen) atoms. The molecule has 3 aromatic rings. The Morgan fingerprint density at radius 1 is 1.15 bits per heavy atom. The first-order valence-electron chi connectivity index (χ1n) is 9.77. The Morgan fingerprint density at radius 3 is 2.78 bits per heavy atom. The smallest absolute Gasteiger partial charge is 0.228 e. The zero-order chi connectivity index (χ0) is 18.6. The highest BCUT2D eigenvalue weighted by molar-refractivity contribution is 6.01. The number of anilines is 1. The fourth-order valence-corrected chi connectivity index (χ4v) is 3.81. The van der Waals surface area contributed by atoms with E-state index in [0.717, 1.165) is 53.5 Å². The van der Waals surface area contributed by atoms with Crippen LogP contribution in [0.1, 0.15) is 39.0 Å². The van der Waals surface area contributed by atoms with E-state index < -0.39 is 0 Å². The maximum atomic E-state index is 12.5. The molecule has 1 heterocycles. The van der Waals surface area contributed by atoms with E-state index >= 15 is 0 Å². The SMILES string of the molecule is CCOc1cccc(-c2ccc3c(NC(=O)C4CCCCC4)n[nH]c3c2)c1. The van der Waals surface area contributed by atoms with Crippen molar-refractivity contribution in [2.24, 2.45) is 5.92 Å². The maximum absolute atomic E-state index is 12.5. The van der Waals surface area contributed by atoms with Crippen LogP contribution in [0.15, 0.2) is 42.5 Å². The van der Waals surface area contributed by atoms with Gasteiger partial charge in [0.25, 0.3) is 0 Å². The van der Waals surface area contributed by atoms with Crippen molar-refractivity contribution in [2.45, 2.75) is 39.0 Å². The Bertz CT molecular complexity index is 942. The number of rotatable bonds is 5. The molecule has 2 N–H and O–H groups in total. The van der Waals surface area contributed by atoms with Gasteiger partial charge in [-0.1, -0.05) is 37.5 Å². The molecule has 1 saturated carbocycles. The average Bonchev–Trinajstić information content (AvgIpc) is 3.11. The van der Waals surface area contributed by atoms with Crippen molar-refractivity contribution < 1.29 is 9.53 Å². The zero-order valence-corrected chi connectivity index (χ0v) is 15.6. The van der Waals surface area contributed by atoms with Crippen molar-refractivity contribution in [3.05, 3.63) is 42.5 Å². The molecule has 0 bridgehead atoms. The number of hydrogen-bond acceptors (Lipinski definition) is 3. The van der Waals surface area contributed by atoms with Crippen LogP contribution in [0.3, 0.4) is 0 Å². The summed E-state index contributed by atoms with van der Waals surface area (Å²) in [7, 11) is 0. The van der Waals surface area contributed by atoms with Gasteiger partial charge in [0.15, 0.2) is 5.82 Å². The minimum Gasteiger partial charge on any atom is -0.494 e. The molecule has 0 atom stereocenters. The predicted molar refractivity (Wildman–Crippen MR) is 108 cm³/mol. The molecule has 1 aromatic heterocycles. The minimum atomic E-state index is 0.0941. The molecule has 1 amide bonds. The fourth-order valence-electron chi connectivity index (χ4n) is 3.81. The van der Waals surface area contributed by atoms with Crippen LogP contribution in [0, 0.1) is 5.92 Å². The number of benzene rings is 2. The number of ether oxygens (including phenoxy) is 1. The van der Waals surface area contributed by atoms with Gasteiger partial charge in [-0.05, 0) is 55.2 Å². The molecular formula is C22H25N3O2. The third kappa shape index (κ3) is 3.82. The number of nitrogens with zero attached hydrogens (tertiary/aromatic N) is 1. The van der Waals surface area contributed by atoms with Gasteiger partial charge in [-0.15, -0.1) is 0 Å². The summed E-state index contributed by atoms with van der Waals surface area (Å²) in [6.45, 7) is 2.62. The lowest BCUT2D eigenvalue weighted by atomic mass is 9.89. The van der Waals surface area contributed by atoms with Crippen LogP contribution < -0.4 is 10.1 Å². The first kappa shape index (κ1) is 17.6. The van der Waals surface area contributed by atoms with Gasteiger partial charge < -0.3 is 10.1 Å². The van der Waals surface area contributed by atoms with Gasteiger partial charge in [-0.25, -0.2) is 0 Å². The molecule has 2 aromatic carbocycles. The molecular weight excluding hydrogens is 338 g/mol. The van der Waals surface area contributed by atoms with Crippen molar-refractivity contribution in [1.82, 2.24) is 10.2 Å². The van der Waals surface area contributed by atoms with Crippen LogP contribution in [-0.2, 0) is 4.79 Å². The lowest BCUT2D eigenvalue weighted by molar-refractivity contribution is -0.120. The highest BCUT2D eigenvalue weighted by atomic mass is 16.5. The number of nitrogens with one attached hydrogen (secondary N) is 2. The van der Waals surface area contributed by atoms with E-state index in [4.69, 9.17) is 4.74 Å². The van der Waals surface area contributed by atoms with Crippen molar-refractivity contribution in [1.29, 1.82) is 0 Å². The summed E-state index contributed by atoms with van der Waals surface area (Å²) in [5.41, 5.74) is 3.08. The van der Waals surface area contributed by atoms with Crippen molar-refractivity contribution in [3.63, 3.8) is 0 Å². The molecule has 1 fully saturated rings. The summed E-state index contributed by atoms with van der Waals surface area (Å²) in [4.78, 5) is 12.5. The van der Waals surface area contributed by atoms with Gasteiger partial charge in [0.1, 0.15) is 5.75 Å². The van der Waals surface area contributed by atoms with Crippen LogP contribution >= 0.6 is 0 Å². The third-order valence-electron chi connectivity index (χ3n) is 5.26. The fraction of sp³-hybridized carbons (Fsp3) is 0.364. The molecule has 5 heteroatoms. The van der Waals surface area contributed by atoms with E-state index in [1.54, 1.807) is 0 Å².